The monoisotopic (exact) mass is 243 g/mol. The maximum atomic E-state index is 5.53. The minimum Gasteiger partial charge on any atom is -0.492 e. The third kappa shape index (κ3) is 2.71. The van der Waals surface area contributed by atoms with Crippen LogP contribution in [0.5, 0.6) is 5.75 Å². The summed E-state index contributed by atoms with van der Waals surface area (Å²) in [6.07, 6.45) is 0. The van der Waals surface area contributed by atoms with Crippen LogP contribution in [-0.2, 0) is 6.54 Å². The Kier molecular flexibility index (Phi) is 4.25. The second-order valence-electron chi connectivity index (χ2n) is 2.69. The van der Waals surface area contributed by atoms with Gasteiger partial charge in [-0.2, -0.15) is 0 Å². The van der Waals surface area contributed by atoms with Crippen LogP contribution in [0.2, 0.25) is 0 Å². The average molecular weight is 244 g/mol. The third-order valence-corrected chi connectivity index (χ3v) is 2.33. The number of para-hydroxylation sites is 1. The zero-order valence-electron chi connectivity index (χ0n) is 7.93. The third-order valence-electron chi connectivity index (χ3n) is 1.70. The van der Waals surface area contributed by atoms with Crippen molar-refractivity contribution in [2.45, 2.75) is 13.5 Å². The first-order valence-electron chi connectivity index (χ1n) is 4.34. The lowest BCUT2D eigenvalue weighted by Gasteiger charge is -2.11. The van der Waals surface area contributed by atoms with Crippen LogP contribution < -0.4 is 10.1 Å². The fourth-order valence-electron chi connectivity index (χ4n) is 1.19. The largest absolute Gasteiger partial charge is 0.492 e. The van der Waals surface area contributed by atoms with Gasteiger partial charge in [0.05, 0.1) is 11.1 Å². The number of halogens is 1. The van der Waals surface area contributed by atoms with Gasteiger partial charge >= 0.3 is 0 Å². The summed E-state index contributed by atoms with van der Waals surface area (Å²) in [6, 6.07) is 6.07. The van der Waals surface area contributed by atoms with Crippen LogP contribution in [0, 0.1) is 0 Å². The molecule has 0 aliphatic carbocycles. The molecule has 2 nitrogen and oxygen atoms in total. The molecule has 0 heterocycles. The zero-order chi connectivity index (χ0) is 9.68. The molecule has 0 spiro atoms. The van der Waals surface area contributed by atoms with Gasteiger partial charge in [0.15, 0.2) is 0 Å². The quantitative estimate of drug-likeness (QED) is 0.878. The minimum absolute atomic E-state index is 0.694. The highest BCUT2D eigenvalue weighted by Gasteiger charge is 2.05. The lowest BCUT2D eigenvalue weighted by atomic mass is 10.2. The van der Waals surface area contributed by atoms with Crippen molar-refractivity contribution in [3.05, 3.63) is 28.2 Å². The number of hydrogen-bond acceptors (Lipinski definition) is 2. The predicted molar refractivity (Wildman–Crippen MR) is 58.1 cm³/mol. The highest BCUT2D eigenvalue weighted by molar-refractivity contribution is 9.10. The first-order chi connectivity index (χ1) is 6.29. The van der Waals surface area contributed by atoms with Gasteiger partial charge in [0.2, 0.25) is 0 Å². The first-order valence-corrected chi connectivity index (χ1v) is 5.13. The van der Waals surface area contributed by atoms with Gasteiger partial charge in [-0.3, -0.25) is 0 Å². The Morgan fingerprint density at radius 2 is 2.23 bits per heavy atom. The van der Waals surface area contributed by atoms with Crippen LogP contribution in [0.25, 0.3) is 0 Å². The van der Waals surface area contributed by atoms with Crippen LogP contribution in [0.1, 0.15) is 12.5 Å². The van der Waals surface area contributed by atoms with Crippen molar-refractivity contribution in [2.24, 2.45) is 0 Å². The Bertz CT molecular complexity index is 276. The van der Waals surface area contributed by atoms with Crippen molar-refractivity contribution < 1.29 is 4.74 Å². The minimum atomic E-state index is 0.694. The van der Waals surface area contributed by atoms with Gasteiger partial charge in [0, 0.05) is 12.1 Å². The average Bonchev–Trinajstić information content (AvgIpc) is 2.11. The van der Waals surface area contributed by atoms with Crippen molar-refractivity contribution in [3.63, 3.8) is 0 Å². The van der Waals surface area contributed by atoms with Gasteiger partial charge in [-0.25, -0.2) is 0 Å². The van der Waals surface area contributed by atoms with Crippen molar-refractivity contribution in [1.82, 2.24) is 5.32 Å². The Hall–Kier alpha value is -0.540. The highest BCUT2D eigenvalue weighted by atomic mass is 79.9. The van der Waals surface area contributed by atoms with Crippen LogP contribution in [-0.4, -0.2) is 13.7 Å². The summed E-state index contributed by atoms with van der Waals surface area (Å²) in [5.74, 6) is 0.944. The van der Waals surface area contributed by atoms with Gasteiger partial charge in [-0.05, 0) is 36.0 Å². The summed E-state index contributed by atoms with van der Waals surface area (Å²) in [4.78, 5) is 0. The number of rotatable bonds is 4. The molecule has 0 saturated carbocycles. The Morgan fingerprint density at radius 3 is 2.85 bits per heavy atom. The summed E-state index contributed by atoms with van der Waals surface area (Å²) in [5, 5.41) is 3.11. The standard InChI is InChI=1S/C10H14BrNO/c1-3-13-10-8(7-12-2)5-4-6-9(10)11/h4-6,12H,3,7H2,1-2H3. The van der Waals surface area contributed by atoms with Gasteiger partial charge in [0.1, 0.15) is 5.75 Å². The molecule has 0 fully saturated rings. The molecule has 1 rings (SSSR count). The van der Waals surface area contributed by atoms with E-state index in [0.717, 1.165) is 16.8 Å². The molecule has 0 radical (unpaired) electrons. The number of ether oxygens (including phenoxy) is 1. The van der Waals surface area contributed by atoms with Crippen molar-refractivity contribution in [2.75, 3.05) is 13.7 Å². The molecule has 0 saturated heterocycles. The van der Waals surface area contributed by atoms with Crippen LogP contribution in [0.3, 0.4) is 0 Å². The summed E-state index contributed by atoms with van der Waals surface area (Å²) in [5.41, 5.74) is 1.18. The fraction of sp³-hybridized carbons (Fsp3) is 0.400. The van der Waals surface area contributed by atoms with Crippen LogP contribution >= 0.6 is 15.9 Å². The normalized spacial score (nSPS) is 10.1. The lowest BCUT2D eigenvalue weighted by Crippen LogP contribution is -2.07. The number of benzene rings is 1. The molecule has 0 amide bonds. The number of hydrogen-bond donors (Lipinski definition) is 1. The van der Waals surface area contributed by atoms with Crippen LogP contribution in [0.4, 0.5) is 0 Å². The van der Waals surface area contributed by atoms with E-state index in [1.54, 1.807) is 0 Å². The Morgan fingerprint density at radius 1 is 1.46 bits per heavy atom. The summed E-state index contributed by atoms with van der Waals surface area (Å²) < 4.78 is 6.55. The smallest absolute Gasteiger partial charge is 0.137 e. The van der Waals surface area contributed by atoms with Crippen molar-refractivity contribution in [1.29, 1.82) is 0 Å². The number of nitrogens with one attached hydrogen (secondary N) is 1. The fourth-order valence-corrected chi connectivity index (χ4v) is 1.71. The SMILES string of the molecule is CCOc1c(Br)cccc1CNC. The van der Waals surface area contributed by atoms with Crippen molar-refractivity contribution >= 4 is 15.9 Å². The molecule has 0 atom stereocenters. The Labute approximate surface area is 87.4 Å². The van der Waals surface area contributed by atoms with Crippen LogP contribution in [0.15, 0.2) is 22.7 Å². The molecular formula is C10H14BrNO. The molecule has 1 aromatic carbocycles. The molecule has 0 aliphatic heterocycles. The van der Waals surface area contributed by atoms with E-state index < -0.39 is 0 Å². The van der Waals surface area contributed by atoms with Gasteiger partial charge in [-0.1, -0.05) is 12.1 Å². The maximum Gasteiger partial charge on any atom is 0.137 e. The molecule has 72 valence electrons. The second kappa shape index (κ2) is 5.25. The van der Waals surface area contributed by atoms with E-state index in [4.69, 9.17) is 4.74 Å². The van der Waals surface area contributed by atoms with Gasteiger partial charge in [0.25, 0.3) is 0 Å². The molecule has 13 heavy (non-hydrogen) atoms. The molecule has 0 aliphatic rings. The summed E-state index contributed by atoms with van der Waals surface area (Å²) in [6.45, 7) is 3.51. The lowest BCUT2D eigenvalue weighted by molar-refractivity contribution is 0.333. The second-order valence-corrected chi connectivity index (χ2v) is 3.55. The molecular weight excluding hydrogens is 230 g/mol. The van der Waals surface area contributed by atoms with Gasteiger partial charge < -0.3 is 10.1 Å². The van der Waals surface area contributed by atoms with E-state index in [0.29, 0.717) is 6.61 Å². The topological polar surface area (TPSA) is 21.3 Å². The predicted octanol–water partition coefficient (Wildman–Crippen LogP) is 2.57. The molecule has 3 heteroatoms. The van der Waals surface area contributed by atoms with E-state index >= 15 is 0 Å². The first kappa shape index (κ1) is 10.5. The highest BCUT2D eigenvalue weighted by Crippen LogP contribution is 2.28. The molecule has 0 aromatic heterocycles. The Balaban J connectivity index is 2.95. The van der Waals surface area contributed by atoms with E-state index in [-0.39, 0.29) is 0 Å². The zero-order valence-corrected chi connectivity index (χ0v) is 9.52. The van der Waals surface area contributed by atoms with E-state index in [2.05, 4.69) is 27.3 Å². The summed E-state index contributed by atoms with van der Waals surface area (Å²) >= 11 is 3.47. The van der Waals surface area contributed by atoms with E-state index in [1.807, 2.05) is 26.1 Å². The van der Waals surface area contributed by atoms with Gasteiger partial charge in [-0.15, -0.1) is 0 Å². The van der Waals surface area contributed by atoms with E-state index in [1.165, 1.54) is 5.56 Å². The van der Waals surface area contributed by atoms with E-state index in [9.17, 15) is 0 Å². The van der Waals surface area contributed by atoms with Crippen molar-refractivity contribution in [3.8, 4) is 5.75 Å². The summed E-state index contributed by atoms with van der Waals surface area (Å²) in [7, 11) is 1.93. The molecule has 1 aromatic rings. The maximum absolute atomic E-state index is 5.53. The molecule has 0 unspecified atom stereocenters. The molecule has 0 bridgehead atoms. The molecule has 1 N–H and O–H groups in total.